The van der Waals surface area contributed by atoms with Gasteiger partial charge in [0.25, 0.3) is 0 Å². The quantitative estimate of drug-likeness (QED) is 0.940. The highest BCUT2D eigenvalue weighted by molar-refractivity contribution is 5.88. The molecule has 0 radical (unpaired) electrons. The van der Waals surface area contributed by atoms with E-state index >= 15 is 0 Å². The maximum absolute atomic E-state index is 11.0. The fraction of sp³-hybridized carbons (Fsp3) is 0.222. The highest BCUT2D eigenvalue weighted by Gasteiger charge is 2.24. The van der Waals surface area contributed by atoms with Crippen LogP contribution >= 0.6 is 0 Å². The van der Waals surface area contributed by atoms with Crippen molar-refractivity contribution in [3.05, 3.63) is 59.7 Å². The summed E-state index contributed by atoms with van der Waals surface area (Å²) in [5.74, 6) is -0.377. The lowest BCUT2D eigenvalue weighted by Crippen LogP contribution is -2.24. The Bertz CT molecular complexity index is 750. The average Bonchev–Trinajstić information content (AvgIpc) is 3.03. The number of carboxylic acid groups (broad SMARTS) is 1. The van der Waals surface area contributed by atoms with Crippen LogP contribution in [0, 0.1) is 11.3 Å². The molecule has 2 aromatic carbocycles. The Morgan fingerprint density at radius 1 is 1.26 bits per heavy atom. The molecule has 0 saturated carbocycles. The number of ether oxygens (including phenoxy) is 1. The first-order valence-electron chi connectivity index (χ1n) is 7.41. The van der Waals surface area contributed by atoms with E-state index in [1.165, 1.54) is 0 Å². The van der Waals surface area contributed by atoms with Crippen molar-refractivity contribution in [1.29, 1.82) is 5.26 Å². The predicted molar refractivity (Wildman–Crippen MR) is 85.8 cm³/mol. The number of hydrogen-bond donors (Lipinski definition) is 1. The van der Waals surface area contributed by atoms with E-state index < -0.39 is 5.97 Å². The van der Waals surface area contributed by atoms with Crippen LogP contribution in [0.3, 0.4) is 0 Å². The van der Waals surface area contributed by atoms with Gasteiger partial charge in [-0.15, -0.1) is 0 Å². The van der Waals surface area contributed by atoms with E-state index in [1.54, 1.807) is 36.4 Å². The Labute approximate surface area is 134 Å². The fourth-order valence-corrected chi connectivity index (χ4v) is 2.70. The molecular formula is C18H16N2O3. The molecule has 0 aromatic heterocycles. The van der Waals surface area contributed by atoms with Gasteiger partial charge in [0.1, 0.15) is 11.9 Å². The summed E-state index contributed by atoms with van der Waals surface area (Å²) in [6.07, 6.45) is 0.895. The standard InChI is InChI=1S/C18H16N2O3/c19-11-13-4-6-15(7-5-13)20-9-8-17(12-20)23-16-3-1-2-14(10-16)18(21)22/h1-7,10,17H,8-9,12H2,(H,21,22). The number of anilines is 1. The van der Waals surface area contributed by atoms with Crippen LogP contribution in [0.5, 0.6) is 5.75 Å². The Hall–Kier alpha value is -3.00. The van der Waals surface area contributed by atoms with Crippen molar-refractivity contribution in [3.8, 4) is 11.8 Å². The average molecular weight is 308 g/mol. The summed E-state index contributed by atoms with van der Waals surface area (Å²) in [7, 11) is 0. The summed E-state index contributed by atoms with van der Waals surface area (Å²) >= 11 is 0. The van der Waals surface area contributed by atoms with Crippen LogP contribution in [0.25, 0.3) is 0 Å². The molecule has 3 rings (SSSR count). The molecule has 1 aliphatic heterocycles. The van der Waals surface area contributed by atoms with Crippen molar-refractivity contribution in [2.24, 2.45) is 0 Å². The molecule has 0 bridgehead atoms. The summed E-state index contributed by atoms with van der Waals surface area (Å²) in [5.41, 5.74) is 1.94. The minimum Gasteiger partial charge on any atom is -0.488 e. The molecule has 0 amide bonds. The predicted octanol–water partition coefficient (Wildman–Crippen LogP) is 2.91. The smallest absolute Gasteiger partial charge is 0.335 e. The summed E-state index contributed by atoms with van der Waals surface area (Å²) in [6, 6.07) is 16.2. The SMILES string of the molecule is N#Cc1ccc(N2CCC(Oc3cccc(C(=O)O)c3)C2)cc1. The molecule has 5 heteroatoms. The Morgan fingerprint density at radius 2 is 2.04 bits per heavy atom. The van der Waals surface area contributed by atoms with Crippen LogP contribution in [0.2, 0.25) is 0 Å². The molecule has 1 N–H and O–H groups in total. The molecule has 0 spiro atoms. The summed E-state index contributed by atoms with van der Waals surface area (Å²) in [5, 5.41) is 17.9. The summed E-state index contributed by atoms with van der Waals surface area (Å²) < 4.78 is 5.91. The lowest BCUT2D eigenvalue weighted by molar-refractivity contribution is 0.0696. The minimum atomic E-state index is -0.957. The maximum Gasteiger partial charge on any atom is 0.335 e. The number of nitriles is 1. The van der Waals surface area contributed by atoms with Gasteiger partial charge in [-0.25, -0.2) is 4.79 Å². The zero-order chi connectivity index (χ0) is 16.2. The van der Waals surface area contributed by atoms with Gasteiger partial charge in [-0.2, -0.15) is 5.26 Å². The lowest BCUT2D eigenvalue weighted by Gasteiger charge is -2.19. The van der Waals surface area contributed by atoms with Gasteiger partial charge in [0, 0.05) is 18.7 Å². The molecule has 1 aliphatic rings. The van der Waals surface area contributed by atoms with Gasteiger partial charge in [0.05, 0.1) is 23.7 Å². The van der Waals surface area contributed by atoms with Crippen molar-refractivity contribution in [1.82, 2.24) is 0 Å². The first kappa shape index (κ1) is 14.9. The van der Waals surface area contributed by atoms with Crippen molar-refractivity contribution in [2.75, 3.05) is 18.0 Å². The van der Waals surface area contributed by atoms with Crippen LogP contribution in [0.4, 0.5) is 5.69 Å². The Kier molecular flexibility index (Phi) is 4.15. The van der Waals surface area contributed by atoms with Crippen LogP contribution in [0.15, 0.2) is 48.5 Å². The number of carboxylic acids is 1. The molecule has 1 heterocycles. The van der Waals surface area contributed by atoms with E-state index in [2.05, 4.69) is 11.0 Å². The van der Waals surface area contributed by atoms with Gasteiger partial charge in [-0.1, -0.05) is 6.07 Å². The minimum absolute atomic E-state index is 0.0229. The van der Waals surface area contributed by atoms with Gasteiger partial charge in [0.2, 0.25) is 0 Å². The van der Waals surface area contributed by atoms with Gasteiger partial charge in [0.15, 0.2) is 0 Å². The highest BCUT2D eigenvalue weighted by Crippen LogP contribution is 2.24. The monoisotopic (exact) mass is 308 g/mol. The van der Waals surface area contributed by atoms with Crippen molar-refractivity contribution < 1.29 is 14.6 Å². The Balaban J connectivity index is 1.64. The molecular weight excluding hydrogens is 292 g/mol. The molecule has 0 aliphatic carbocycles. The summed E-state index contributed by atoms with van der Waals surface area (Å²) in [4.78, 5) is 13.2. The molecule has 1 unspecified atom stereocenters. The van der Waals surface area contributed by atoms with Crippen molar-refractivity contribution in [2.45, 2.75) is 12.5 Å². The second-order valence-corrected chi connectivity index (χ2v) is 5.47. The largest absolute Gasteiger partial charge is 0.488 e. The summed E-state index contributed by atoms with van der Waals surface area (Å²) in [6.45, 7) is 1.61. The zero-order valence-corrected chi connectivity index (χ0v) is 12.5. The van der Waals surface area contributed by atoms with Crippen molar-refractivity contribution >= 4 is 11.7 Å². The van der Waals surface area contributed by atoms with Crippen LogP contribution in [0.1, 0.15) is 22.3 Å². The topological polar surface area (TPSA) is 73.6 Å². The van der Waals surface area contributed by atoms with E-state index in [-0.39, 0.29) is 11.7 Å². The number of benzene rings is 2. The second-order valence-electron chi connectivity index (χ2n) is 5.47. The number of nitrogens with zero attached hydrogens (tertiary/aromatic N) is 2. The van der Waals surface area contributed by atoms with Gasteiger partial charge < -0.3 is 14.7 Å². The van der Waals surface area contributed by atoms with Crippen LogP contribution < -0.4 is 9.64 Å². The van der Waals surface area contributed by atoms with E-state index in [4.69, 9.17) is 15.1 Å². The van der Waals surface area contributed by atoms with Crippen molar-refractivity contribution in [3.63, 3.8) is 0 Å². The second kappa shape index (κ2) is 6.41. The van der Waals surface area contributed by atoms with E-state index in [0.717, 1.165) is 25.2 Å². The fourth-order valence-electron chi connectivity index (χ4n) is 2.70. The normalized spacial score (nSPS) is 16.8. The van der Waals surface area contributed by atoms with Crippen LogP contribution in [-0.2, 0) is 0 Å². The molecule has 5 nitrogen and oxygen atoms in total. The third kappa shape index (κ3) is 3.43. The molecule has 1 saturated heterocycles. The third-order valence-electron chi connectivity index (χ3n) is 3.89. The third-order valence-corrected chi connectivity index (χ3v) is 3.89. The molecule has 23 heavy (non-hydrogen) atoms. The van der Waals surface area contributed by atoms with Crippen LogP contribution in [-0.4, -0.2) is 30.3 Å². The maximum atomic E-state index is 11.0. The molecule has 1 atom stereocenters. The molecule has 1 fully saturated rings. The van der Waals surface area contributed by atoms with Gasteiger partial charge in [-0.3, -0.25) is 0 Å². The van der Waals surface area contributed by atoms with Gasteiger partial charge >= 0.3 is 5.97 Å². The highest BCUT2D eigenvalue weighted by atomic mass is 16.5. The van der Waals surface area contributed by atoms with Gasteiger partial charge in [-0.05, 0) is 42.5 Å². The number of carbonyl (C=O) groups is 1. The molecule has 116 valence electrons. The van der Waals surface area contributed by atoms with E-state index in [0.29, 0.717) is 11.3 Å². The zero-order valence-electron chi connectivity index (χ0n) is 12.5. The number of hydrogen-bond acceptors (Lipinski definition) is 4. The number of aromatic carboxylic acids is 1. The first-order chi connectivity index (χ1) is 11.2. The first-order valence-corrected chi connectivity index (χ1v) is 7.41. The number of rotatable bonds is 4. The lowest BCUT2D eigenvalue weighted by atomic mass is 10.2. The van der Waals surface area contributed by atoms with E-state index in [1.807, 2.05) is 12.1 Å². The molecule has 2 aromatic rings. The Morgan fingerprint density at radius 3 is 2.74 bits per heavy atom. The van der Waals surface area contributed by atoms with E-state index in [9.17, 15) is 4.79 Å².